The van der Waals surface area contributed by atoms with Crippen molar-refractivity contribution < 1.29 is 4.42 Å². The fourth-order valence-corrected chi connectivity index (χ4v) is 2.28. The maximum absolute atomic E-state index is 6.28. The van der Waals surface area contributed by atoms with Gasteiger partial charge in [0.05, 0.1) is 28.6 Å². The molecule has 0 saturated carbocycles. The molecular weight excluding hydrogens is 264 g/mol. The zero-order chi connectivity index (χ0) is 14.0. The van der Waals surface area contributed by atoms with E-state index < -0.39 is 0 Å². The van der Waals surface area contributed by atoms with Crippen LogP contribution in [0.25, 0.3) is 0 Å². The molecule has 0 fully saturated rings. The maximum Gasteiger partial charge on any atom is 0.208 e. The van der Waals surface area contributed by atoms with Gasteiger partial charge in [0, 0.05) is 13.6 Å². The predicted octanol–water partition coefficient (Wildman–Crippen LogP) is 2.53. The van der Waals surface area contributed by atoms with E-state index in [4.69, 9.17) is 16.0 Å². The Morgan fingerprint density at radius 3 is 2.58 bits per heavy atom. The second kappa shape index (κ2) is 5.75. The van der Waals surface area contributed by atoms with E-state index in [1.54, 1.807) is 0 Å². The topological polar surface area (TPSA) is 55.9 Å². The lowest BCUT2D eigenvalue weighted by Crippen LogP contribution is -2.15. The summed E-state index contributed by atoms with van der Waals surface area (Å²) in [5, 5.41) is 8.40. The molecule has 0 aliphatic carbocycles. The van der Waals surface area contributed by atoms with E-state index in [2.05, 4.69) is 15.4 Å². The number of aromatic nitrogens is 3. The second-order valence-electron chi connectivity index (χ2n) is 4.54. The Kier molecular flexibility index (Phi) is 4.27. The Balaban J connectivity index is 1.97. The molecule has 5 nitrogen and oxygen atoms in total. The molecule has 0 aliphatic rings. The van der Waals surface area contributed by atoms with Crippen LogP contribution in [0, 0.1) is 13.8 Å². The molecule has 104 valence electrons. The monoisotopic (exact) mass is 282 g/mol. The lowest BCUT2D eigenvalue weighted by molar-refractivity contribution is 0.446. The molecule has 0 aromatic carbocycles. The minimum atomic E-state index is 0.581. The van der Waals surface area contributed by atoms with Crippen LogP contribution in [0.15, 0.2) is 4.42 Å². The Bertz CT molecular complexity index is 554. The number of nitrogens with one attached hydrogen (secondary N) is 1. The SMILES string of the molecule is CCc1nn(C)c(CNCc2nc(C)c(C)o2)c1Cl. The van der Waals surface area contributed by atoms with E-state index in [9.17, 15) is 0 Å². The van der Waals surface area contributed by atoms with Gasteiger partial charge in [0.25, 0.3) is 0 Å². The normalized spacial score (nSPS) is 11.2. The first-order chi connectivity index (χ1) is 9.02. The third kappa shape index (κ3) is 2.98. The average molecular weight is 283 g/mol. The van der Waals surface area contributed by atoms with Gasteiger partial charge in [-0.25, -0.2) is 4.98 Å². The summed E-state index contributed by atoms with van der Waals surface area (Å²) in [5.41, 5.74) is 2.85. The van der Waals surface area contributed by atoms with Crippen LogP contribution in [0.1, 0.15) is 35.7 Å². The highest BCUT2D eigenvalue weighted by atomic mass is 35.5. The van der Waals surface area contributed by atoms with Crippen molar-refractivity contribution in [1.29, 1.82) is 0 Å². The summed E-state index contributed by atoms with van der Waals surface area (Å²) in [6, 6.07) is 0. The van der Waals surface area contributed by atoms with Crippen molar-refractivity contribution in [3.05, 3.63) is 33.8 Å². The fraction of sp³-hybridized carbons (Fsp3) is 0.538. The highest BCUT2D eigenvalue weighted by molar-refractivity contribution is 6.31. The lowest BCUT2D eigenvalue weighted by atomic mass is 10.3. The largest absolute Gasteiger partial charge is 0.444 e. The number of oxazole rings is 1. The summed E-state index contributed by atoms with van der Waals surface area (Å²) in [6.45, 7) is 7.12. The zero-order valence-electron chi connectivity index (χ0n) is 11.7. The summed E-state index contributed by atoms with van der Waals surface area (Å²) in [6.07, 6.45) is 0.838. The molecule has 0 amide bonds. The highest BCUT2D eigenvalue weighted by Crippen LogP contribution is 2.20. The van der Waals surface area contributed by atoms with Gasteiger partial charge < -0.3 is 9.73 Å². The number of aryl methyl sites for hydroxylation is 4. The molecule has 1 N–H and O–H groups in total. The Hall–Kier alpha value is -1.33. The van der Waals surface area contributed by atoms with Crippen molar-refractivity contribution in [1.82, 2.24) is 20.1 Å². The first kappa shape index (κ1) is 14.1. The highest BCUT2D eigenvalue weighted by Gasteiger charge is 2.13. The third-order valence-electron chi connectivity index (χ3n) is 3.14. The van der Waals surface area contributed by atoms with Crippen LogP contribution >= 0.6 is 11.6 Å². The Morgan fingerprint density at radius 1 is 1.32 bits per heavy atom. The van der Waals surface area contributed by atoms with E-state index in [1.165, 1.54) is 0 Å². The molecule has 0 spiro atoms. The van der Waals surface area contributed by atoms with Crippen molar-refractivity contribution in [2.24, 2.45) is 7.05 Å². The van der Waals surface area contributed by atoms with E-state index >= 15 is 0 Å². The molecule has 19 heavy (non-hydrogen) atoms. The zero-order valence-corrected chi connectivity index (χ0v) is 12.5. The van der Waals surface area contributed by atoms with Gasteiger partial charge >= 0.3 is 0 Å². The minimum Gasteiger partial charge on any atom is -0.444 e. The van der Waals surface area contributed by atoms with Gasteiger partial charge in [-0.3, -0.25) is 4.68 Å². The molecule has 0 bridgehead atoms. The van der Waals surface area contributed by atoms with Crippen molar-refractivity contribution in [2.75, 3.05) is 0 Å². The van der Waals surface area contributed by atoms with E-state index in [1.807, 2.05) is 32.5 Å². The van der Waals surface area contributed by atoms with Crippen molar-refractivity contribution in [3.63, 3.8) is 0 Å². The molecule has 2 rings (SSSR count). The van der Waals surface area contributed by atoms with Crippen molar-refractivity contribution in [2.45, 2.75) is 40.3 Å². The summed E-state index contributed by atoms with van der Waals surface area (Å²) in [7, 11) is 1.90. The van der Waals surface area contributed by atoms with Crippen LogP contribution in [0.5, 0.6) is 0 Å². The second-order valence-corrected chi connectivity index (χ2v) is 4.92. The molecule has 0 radical (unpaired) electrons. The number of rotatable bonds is 5. The Morgan fingerprint density at radius 2 is 2.05 bits per heavy atom. The van der Waals surface area contributed by atoms with Crippen LogP contribution < -0.4 is 5.32 Å². The van der Waals surface area contributed by atoms with Crippen LogP contribution in [0.4, 0.5) is 0 Å². The molecule has 0 saturated heterocycles. The maximum atomic E-state index is 6.28. The van der Waals surface area contributed by atoms with Gasteiger partial charge in [0.2, 0.25) is 5.89 Å². The van der Waals surface area contributed by atoms with Gasteiger partial charge in [0.15, 0.2) is 0 Å². The van der Waals surface area contributed by atoms with Gasteiger partial charge in [-0.1, -0.05) is 18.5 Å². The molecule has 0 atom stereocenters. The molecule has 6 heteroatoms. The molecule has 2 aromatic heterocycles. The molecule has 2 aromatic rings. The molecule has 2 heterocycles. The number of halogens is 1. The number of nitrogens with zero attached hydrogens (tertiary/aromatic N) is 3. The quantitative estimate of drug-likeness (QED) is 0.916. The van der Waals surface area contributed by atoms with Gasteiger partial charge in [0.1, 0.15) is 5.76 Å². The summed E-state index contributed by atoms with van der Waals surface area (Å²) in [5.74, 6) is 1.56. The van der Waals surface area contributed by atoms with Crippen LogP contribution in [-0.2, 0) is 26.6 Å². The predicted molar refractivity (Wildman–Crippen MR) is 74.1 cm³/mol. The fourth-order valence-electron chi connectivity index (χ4n) is 1.91. The molecule has 0 aliphatic heterocycles. The Labute approximate surface area is 118 Å². The third-order valence-corrected chi connectivity index (χ3v) is 3.58. The summed E-state index contributed by atoms with van der Waals surface area (Å²) < 4.78 is 7.33. The smallest absolute Gasteiger partial charge is 0.208 e. The van der Waals surface area contributed by atoms with E-state index in [0.717, 1.165) is 34.3 Å². The van der Waals surface area contributed by atoms with Crippen molar-refractivity contribution in [3.8, 4) is 0 Å². The van der Waals surface area contributed by atoms with Crippen LogP contribution in [-0.4, -0.2) is 14.8 Å². The van der Waals surface area contributed by atoms with Crippen LogP contribution in [0.3, 0.4) is 0 Å². The van der Waals surface area contributed by atoms with Crippen LogP contribution in [0.2, 0.25) is 5.02 Å². The average Bonchev–Trinajstić information content (AvgIpc) is 2.83. The van der Waals surface area contributed by atoms with Crippen molar-refractivity contribution >= 4 is 11.6 Å². The summed E-state index contributed by atoms with van der Waals surface area (Å²) >= 11 is 6.28. The lowest BCUT2D eigenvalue weighted by Gasteiger charge is -2.03. The number of hydrogen-bond donors (Lipinski definition) is 1. The first-order valence-corrected chi connectivity index (χ1v) is 6.74. The first-order valence-electron chi connectivity index (χ1n) is 6.36. The standard InChI is InChI=1S/C13H19ClN4O/c1-5-10-13(14)11(18(4)17-10)6-15-7-12-16-8(2)9(3)19-12/h15H,5-7H2,1-4H3. The molecular formula is C13H19ClN4O. The summed E-state index contributed by atoms with van der Waals surface area (Å²) in [4.78, 5) is 4.32. The molecule has 0 unspecified atom stereocenters. The van der Waals surface area contributed by atoms with E-state index in [-0.39, 0.29) is 0 Å². The van der Waals surface area contributed by atoms with E-state index in [0.29, 0.717) is 19.0 Å². The number of hydrogen-bond acceptors (Lipinski definition) is 4. The van der Waals surface area contributed by atoms with Gasteiger partial charge in [-0.15, -0.1) is 0 Å². The van der Waals surface area contributed by atoms with Gasteiger partial charge in [-0.05, 0) is 20.3 Å². The minimum absolute atomic E-state index is 0.581. The van der Waals surface area contributed by atoms with Gasteiger partial charge in [-0.2, -0.15) is 5.10 Å².